The molecule has 1 heterocycles. The van der Waals surface area contributed by atoms with Crippen molar-refractivity contribution in [3.05, 3.63) is 44.9 Å². The van der Waals surface area contributed by atoms with E-state index in [2.05, 4.69) is 9.94 Å². The molecule has 3 nitrogen and oxygen atoms in total. The number of benzene rings is 1. The predicted octanol–water partition coefficient (Wildman–Crippen LogP) is 6.60. The van der Waals surface area contributed by atoms with Crippen molar-refractivity contribution in [2.45, 2.75) is 18.0 Å². The maximum Gasteiger partial charge on any atom is 0.416 e. The highest BCUT2D eigenvalue weighted by Crippen LogP contribution is 2.43. The van der Waals surface area contributed by atoms with E-state index in [1.807, 2.05) is 0 Å². The van der Waals surface area contributed by atoms with Gasteiger partial charge in [-0.05, 0) is 24.2 Å². The molecule has 0 saturated heterocycles. The number of rotatable bonds is 2. The summed E-state index contributed by atoms with van der Waals surface area (Å²) < 4.78 is 78.0. The summed E-state index contributed by atoms with van der Waals surface area (Å²) in [7, 11) is -3.17. The third-order valence-electron chi connectivity index (χ3n) is 3.02. The van der Waals surface area contributed by atoms with Crippen LogP contribution in [-0.4, -0.2) is 15.2 Å². The lowest BCUT2D eigenvalue weighted by atomic mass is 10.2. The molecule has 0 saturated carbocycles. The zero-order valence-electron chi connectivity index (χ0n) is 11.9. The van der Waals surface area contributed by atoms with Gasteiger partial charge in [-0.2, -0.15) is 30.5 Å². The Kier molecular flexibility index (Phi) is 5.41. The highest BCUT2D eigenvalue weighted by atomic mass is 35.5. The fraction of sp³-hybridized carbons (Fsp3) is 0.154. The zero-order valence-corrected chi connectivity index (χ0v) is 14.3. The van der Waals surface area contributed by atoms with Gasteiger partial charge >= 0.3 is 17.4 Å². The smallest absolute Gasteiger partial charge is 0.358 e. The second-order valence-electron chi connectivity index (χ2n) is 4.53. The number of hydrogen-bond acceptors (Lipinski definition) is 1. The van der Waals surface area contributed by atoms with Crippen LogP contribution < -0.4 is 0 Å². The minimum atomic E-state index is -4.71. The second kappa shape index (κ2) is 6.90. The van der Waals surface area contributed by atoms with E-state index in [9.17, 15) is 25.8 Å². The largest absolute Gasteiger partial charge is 0.416 e. The van der Waals surface area contributed by atoms with Crippen LogP contribution in [0.4, 0.5) is 31.7 Å². The summed E-state index contributed by atoms with van der Waals surface area (Å²) in [6.07, 6.45) is -4.71. The van der Waals surface area contributed by atoms with Crippen LogP contribution in [0.5, 0.6) is 0 Å². The summed E-state index contributed by atoms with van der Waals surface area (Å²) in [4.78, 5) is 2.19. The molecule has 134 valence electrons. The van der Waals surface area contributed by atoms with Gasteiger partial charge in [0, 0.05) is 0 Å². The summed E-state index contributed by atoms with van der Waals surface area (Å²) in [5.74, 6) is -0.664. The Hall–Kier alpha value is -1.70. The second-order valence-corrected chi connectivity index (χ2v) is 6.57. The van der Waals surface area contributed by atoms with Gasteiger partial charge < -0.3 is 4.85 Å². The van der Waals surface area contributed by atoms with E-state index >= 15 is 0 Å². The SMILES string of the molecule is [C-]#[N+]c1nn(-c2c(Cl)cc(C(F)(F)F)cc2Cl)c(C)c1S(F)=C(F)F. The Bertz CT molecular complexity index is 902. The van der Waals surface area contributed by atoms with Gasteiger partial charge in [0.15, 0.2) is 0 Å². The van der Waals surface area contributed by atoms with Crippen molar-refractivity contribution in [2.24, 2.45) is 0 Å². The lowest BCUT2D eigenvalue weighted by molar-refractivity contribution is -0.137. The molecule has 0 aliphatic heterocycles. The van der Waals surface area contributed by atoms with E-state index in [1.165, 1.54) is 6.92 Å². The molecule has 0 N–H and O–H groups in total. The number of halogens is 8. The molecular formula is C13H5Cl2F6N3S. The molecule has 0 spiro atoms. The molecule has 2 aromatic rings. The minimum Gasteiger partial charge on any atom is -0.358 e. The standard InChI is InChI=1S/C13H5Cl2F6N3S/c1-5-10(25(21)12(16)17)11(22-2)23-24(5)9-7(14)3-6(4-8(9)15)13(18,19)20/h3-4H,1H3. The van der Waals surface area contributed by atoms with Crippen molar-refractivity contribution in [1.82, 2.24) is 9.78 Å². The molecule has 0 bridgehead atoms. The first kappa shape index (κ1) is 19.6. The lowest BCUT2D eigenvalue weighted by Crippen LogP contribution is -2.07. The van der Waals surface area contributed by atoms with Crippen LogP contribution in [0.2, 0.25) is 10.0 Å². The van der Waals surface area contributed by atoms with Crippen LogP contribution in [0, 0.1) is 13.5 Å². The first-order valence-corrected chi connectivity index (χ1v) is 7.99. The van der Waals surface area contributed by atoms with E-state index in [1.54, 1.807) is 0 Å². The molecule has 2 rings (SSSR count). The van der Waals surface area contributed by atoms with Gasteiger partial charge in [-0.25, -0.2) is 0 Å². The molecular weight excluding hydrogens is 415 g/mol. The average molecular weight is 420 g/mol. The molecule has 0 radical (unpaired) electrons. The summed E-state index contributed by atoms with van der Waals surface area (Å²) in [6.45, 7) is 8.10. The quantitative estimate of drug-likeness (QED) is 0.232. The Morgan fingerprint density at radius 3 is 2.16 bits per heavy atom. The zero-order chi connectivity index (χ0) is 19.1. The van der Waals surface area contributed by atoms with Gasteiger partial charge in [0.25, 0.3) is 0 Å². The topological polar surface area (TPSA) is 22.2 Å². The fourth-order valence-electron chi connectivity index (χ4n) is 1.98. The summed E-state index contributed by atoms with van der Waals surface area (Å²) in [6, 6.07) is 1.14. The number of aromatic nitrogens is 2. The summed E-state index contributed by atoms with van der Waals surface area (Å²) >= 11 is 11.7. The third kappa shape index (κ3) is 3.63. The number of nitrogens with zero attached hydrogens (tertiary/aromatic N) is 3. The molecule has 0 fully saturated rings. The Morgan fingerprint density at radius 1 is 1.24 bits per heavy atom. The predicted molar refractivity (Wildman–Crippen MR) is 83.8 cm³/mol. The van der Waals surface area contributed by atoms with Crippen molar-refractivity contribution < 1.29 is 25.8 Å². The highest BCUT2D eigenvalue weighted by Gasteiger charge is 2.33. The van der Waals surface area contributed by atoms with Gasteiger partial charge in [0.2, 0.25) is 0 Å². The maximum atomic E-state index is 13.7. The average Bonchev–Trinajstić information content (AvgIpc) is 2.81. The number of hydrogen-bond donors (Lipinski definition) is 0. The van der Waals surface area contributed by atoms with E-state index < -0.39 is 48.7 Å². The van der Waals surface area contributed by atoms with Gasteiger partial charge in [-0.3, -0.25) is 0 Å². The van der Waals surface area contributed by atoms with Crippen LogP contribution in [0.1, 0.15) is 11.3 Å². The van der Waals surface area contributed by atoms with E-state index in [-0.39, 0.29) is 11.4 Å². The minimum absolute atomic E-state index is 0.229. The molecule has 0 aliphatic rings. The lowest BCUT2D eigenvalue weighted by Gasteiger charge is -2.12. The molecule has 25 heavy (non-hydrogen) atoms. The van der Waals surface area contributed by atoms with Gasteiger partial charge in [0.1, 0.15) is 5.69 Å². The number of alkyl halides is 3. The van der Waals surface area contributed by atoms with Crippen molar-refractivity contribution in [1.29, 1.82) is 0 Å². The molecule has 1 aromatic heterocycles. The molecule has 0 amide bonds. The molecule has 1 aromatic carbocycles. The van der Waals surface area contributed by atoms with Crippen LogP contribution in [0.3, 0.4) is 0 Å². The van der Waals surface area contributed by atoms with Crippen molar-refractivity contribution in [3.63, 3.8) is 0 Å². The van der Waals surface area contributed by atoms with Crippen molar-refractivity contribution in [3.8, 4) is 5.69 Å². The molecule has 12 heteroatoms. The monoisotopic (exact) mass is 419 g/mol. The van der Waals surface area contributed by atoms with Crippen LogP contribution in [0.25, 0.3) is 10.5 Å². The summed E-state index contributed by atoms with van der Waals surface area (Å²) in [5, 5.41) is 0.112. The normalized spacial score (nSPS) is 12.8. The fourth-order valence-corrected chi connectivity index (χ4v) is 3.38. The molecule has 0 aliphatic carbocycles. The van der Waals surface area contributed by atoms with Gasteiger partial charge in [0.05, 0.1) is 37.1 Å². The van der Waals surface area contributed by atoms with E-state index in [4.69, 9.17) is 29.8 Å². The van der Waals surface area contributed by atoms with Gasteiger partial charge in [-0.1, -0.05) is 29.8 Å². The van der Waals surface area contributed by atoms with Crippen molar-refractivity contribution in [2.75, 3.05) is 0 Å². The first-order valence-electron chi connectivity index (χ1n) is 6.11. The van der Waals surface area contributed by atoms with Crippen LogP contribution >= 0.6 is 34.1 Å². The van der Waals surface area contributed by atoms with Crippen LogP contribution in [0.15, 0.2) is 17.0 Å². The first-order chi connectivity index (χ1) is 11.5. The highest BCUT2D eigenvalue weighted by molar-refractivity contribution is 8.11. The van der Waals surface area contributed by atoms with E-state index in [0.29, 0.717) is 12.1 Å². The maximum absolute atomic E-state index is 13.7. The van der Waals surface area contributed by atoms with E-state index in [0.717, 1.165) is 4.68 Å². The Balaban J connectivity index is 2.78. The van der Waals surface area contributed by atoms with Crippen molar-refractivity contribution >= 4 is 45.3 Å². The Morgan fingerprint density at radius 2 is 1.76 bits per heavy atom. The molecule has 1 atom stereocenters. The van der Waals surface area contributed by atoms with Crippen LogP contribution in [-0.2, 0) is 6.18 Å². The Labute approximate surface area is 149 Å². The summed E-state index contributed by atoms with van der Waals surface area (Å²) in [5.41, 5.74) is -1.63. The van der Waals surface area contributed by atoms with Gasteiger partial charge in [-0.15, -0.1) is 0 Å². The third-order valence-corrected chi connectivity index (χ3v) is 4.70. The molecule has 1 unspecified atom stereocenters.